The highest BCUT2D eigenvalue weighted by Gasteiger charge is 2.50. The van der Waals surface area contributed by atoms with Crippen molar-refractivity contribution in [3.63, 3.8) is 0 Å². The summed E-state index contributed by atoms with van der Waals surface area (Å²) in [6.07, 6.45) is 0.998. The van der Waals surface area contributed by atoms with Gasteiger partial charge in [0.05, 0.1) is 29.5 Å². The van der Waals surface area contributed by atoms with Crippen molar-refractivity contribution in [1.29, 1.82) is 0 Å². The highest BCUT2D eigenvalue weighted by molar-refractivity contribution is 7.91. The number of nitrogens with zero attached hydrogens (tertiary/aromatic N) is 1. The van der Waals surface area contributed by atoms with Gasteiger partial charge in [0, 0.05) is 41.5 Å². The number of hydrogen-bond acceptors (Lipinski definition) is 12. The molecule has 0 saturated carbocycles. The third-order valence-corrected chi connectivity index (χ3v) is 13.4. The lowest BCUT2D eigenvalue weighted by Crippen LogP contribution is -2.72. The van der Waals surface area contributed by atoms with Gasteiger partial charge in [0.2, 0.25) is 17.7 Å². The first kappa shape index (κ1) is 49.4. The fourth-order valence-electron chi connectivity index (χ4n) is 8.17. The van der Waals surface area contributed by atoms with Gasteiger partial charge in [0.15, 0.2) is 16.4 Å². The number of likely N-dealkylation sites (tertiary alicyclic amines) is 1. The predicted molar refractivity (Wildman–Crippen MR) is 249 cm³/mol. The summed E-state index contributed by atoms with van der Waals surface area (Å²) >= 11 is 0. The summed E-state index contributed by atoms with van der Waals surface area (Å²) < 4.78 is 62.5. The molecule has 2 aliphatic rings. The van der Waals surface area contributed by atoms with Crippen LogP contribution in [0.1, 0.15) is 55.7 Å². The number of H-pyrrole nitrogens is 1. The molecule has 1 saturated heterocycles. The van der Waals surface area contributed by atoms with Gasteiger partial charge < -0.3 is 50.1 Å². The van der Waals surface area contributed by atoms with E-state index >= 15 is 0 Å². The molecule has 1 fully saturated rings. The Morgan fingerprint density at radius 3 is 2.35 bits per heavy atom. The van der Waals surface area contributed by atoms with Crippen LogP contribution in [0.4, 0.5) is 9.18 Å². The van der Waals surface area contributed by atoms with Crippen LogP contribution in [0, 0.1) is 5.82 Å². The van der Waals surface area contributed by atoms with Gasteiger partial charge in [-0.15, -0.1) is 0 Å². The van der Waals surface area contributed by atoms with E-state index in [4.69, 9.17) is 18.9 Å². The average molecular weight is 969 g/mol. The number of β-lactam (4-membered cyclic amide) rings is 1. The summed E-state index contributed by atoms with van der Waals surface area (Å²) in [6.45, 7) is 1.21. The van der Waals surface area contributed by atoms with Crippen molar-refractivity contribution in [3.8, 4) is 22.8 Å². The molecular formula is C49H53FN6O12S. The summed E-state index contributed by atoms with van der Waals surface area (Å²) in [7, 11) is -2.39. The number of halogens is 1. The molecule has 0 bridgehead atoms. The number of alkyl carbamates (subject to hydrolysis) is 1. The zero-order chi connectivity index (χ0) is 49.1. The highest BCUT2D eigenvalue weighted by Crippen LogP contribution is 2.42. The zero-order valence-corrected chi connectivity index (χ0v) is 38.8. The van der Waals surface area contributed by atoms with E-state index in [2.05, 4.69) is 26.3 Å². The number of aromatic nitrogens is 1. The zero-order valence-electron chi connectivity index (χ0n) is 38.0. The molecule has 18 nitrogen and oxygen atoms in total. The van der Waals surface area contributed by atoms with Crippen molar-refractivity contribution in [2.24, 2.45) is 0 Å². The largest absolute Gasteiger partial charge is 0.497 e. The number of hydrogen-bond donors (Lipinski definition) is 5. The highest BCUT2D eigenvalue weighted by atomic mass is 32.2. The maximum absolute atomic E-state index is 14.1. The first-order valence-corrected chi connectivity index (χ1v) is 24.1. The van der Waals surface area contributed by atoms with Crippen molar-refractivity contribution in [2.75, 3.05) is 33.4 Å². The summed E-state index contributed by atoms with van der Waals surface area (Å²) in [5.74, 6) is -3.51. The van der Waals surface area contributed by atoms with Gasteiger partial charge in [0.25, 0.3) is 5.91 Å². The van der Waals surface area contributed by atoms with E-state index in [1.54, 1.807) is 31.2 Å². The minimum Gasteiger partial charge on any atom is -0.497 e. The number of rotatable bonds is 22. The Balaban J connectivity index is 0.961. The lowest BCUT2D eigenvalue weighted by Gasteiger charge is -2.46. The fraction of sp³-hybridized carbons (Fsp3) is 0.347. The molecule has 5 N–H and O–H groups in total. The summed E-state index contributed by atoms with van der Waals surface area (Å²) in [5, 5.41) is 11.2. The molecule has 4 aromatic carbocycles. The number of esters is 1. The van der Waals surface area contributed by atoms with Crippen LogP contribution in [0.3, 0.4) is 0 Å². The van der Waals surface area contributed by atoms with Crippen molar-refractivity contribution in [2.45, 2.75) is 81.0 Å². The molecule has 7 rings (SSSR count). The van der Waals surface area contributed by atoms with Gasteiger partial charge in [-0.25, -0.2) is 17.6 Å². The Kier molecular flexibility index (Phi) is 16.1. The maximum atomic E-state index is 14.1. The second-order valence-electron chi connectivity index (χ2n) is 16.5. The number of sulfone groups is 1. The molecule has 364 valence electrons. The van der Waals surface area contributed by atoms with Gasteiger partial charge in [-0.3, -0.25) is 24.0 Å². The van der Waals surface area contributed by atoms with Crippen LogP contribution in [-0.4, -0.2) is 105 Å². The Morgan fingerprint density at radius 1 is 0.855 bits per heavy atom. The van der Waals surface area contributed by atoms with Gasteiger partial charge in [0.1, 0.15) is 49.2 Å². The monoisotopic (exact) mass is 968 g/mol. The molecule has 5 aromatic rings. The number of carbonyl (C=O) groups excluding carboxylic acids is 6. The van der Waals surface area contributed by atoms with E-state index in [1.807, 2.05) is 30.3 Å². The number of ether oxygens (including phenoxy) is 4. The number of aromatic amines is 1. The number of methoxy groups -OCH3 is 1. The normalized spacial score (nSPS) is 15.9. The van der Waals surface area contributed by atoms with Crippen LogP contribution in [-0.2, 0) is 62.3 Å². The smallest absolute Gasteiger partial charge is 0.407 e. The van der Waals surface area contributed by atoms with Crippen LogP contribution >= 0.6 is 0 Å². The van der Waals surface area contributed by atoms with Gasteiger partial charge in [-0.05, 0) is 79.4 Å². The fourth-order valence-corrected chi connectivity index (χ4v) is 9.80. The third-order valence-electron chi connectivity index (χ3n) is 11.7. The molecule has 0 radical (unpaired) electrons. The lowest BCUT2D eigenvalue weighted by molar-refractivity contribution is -0.164. The van der Waals surface area contributed by atoms with E-state index < -0.39 is 89.0 Å². The Morgan fingerprint density at radius 2 is 1.59 bits per heavy atom. The van der Waals surface area contributed by atoms with E-state index in [1.165, 1.54) is 43.5 Å². The number of nitrogens with one attached hydrogen (secondary N) is 5. The van der Waals surface area contributed by atoms with E-state index in [-0.39, 0.29) is 36.0 Å². The number of unbranched alkanes of at least 4 members (excludes halogenated alkanes) is 2. The summed E-state index contributed by atoms with van der Waals surface area (Å²) in [6, 6.07) is 21.2. The molecule has 3 heterocycles. The van der Waals surface area contributed by atoms with Gasteiger partial charge in [-0.2, -0.15) is 0 Å². The van der Waals surface area contributed by atoms with E-state index in [0.717, 1.165) is 10.5 Å². The molecule has 5 amide bonds. The SMILES string of the molecule is CCNC(=O)C(CCCCCNC(=O)OCc1ccccc1)NC(=O)CC1C(NC(=O)COc2ccc3c(c2)S(=O)(=O)Cc2c-3[nH]c3ccc(F)cc23)C(=O)N1CC(=O)OCc1ccc(OC)cc1. The van der Waals surface area contributed by atoms with Gasteiger partial charge >= 0.3 is 12.1 Å². The minimum absolute atomic E-state index is 0.0455. The number of amides is 5. The Labute approximate surface area is 397 Å². The second kappa shape index (κ2) is 22.5. The van der Waals surface area contributed by atoms with Crippen molar-refractivity contribution in [1.82, 2.24) is 31.2 Å². The summed E-state index contributed by atoms with van der Waals surface area (Å²) in [5.41, 5.74) is 3.41. The number of benzene rings is 4. The first-order valence-electron chi connectivity index (χ1n) is 22.4. The quantitative estimate of drug-likeness (QED) is 0.0364. The minimum atomic E-state index is -3.91. The molecule has 3 unspecified atom stereocenters. The topological polar surface area (TPSA) is 241 Å². The van der Waals surface area contributed by atoms with Crippen LogP contribution in [0.2, 0.25) is 0 Å². The van der Waals surface area contributed by atoms with Crippen LogP contribution in [0.5, 0.6) is 11.5 Å². The number of likely N-dealkylation sites (N-methyl/N-ethyl adjacent to an activating group) is 1. The van der Waals surface area contributed by atoms with Crippen molar-refractivity contribution >= 4 is 56.4 Å². The average Bonchev–Trinajstić information content (AvgIpc) is 3.70. The van der Waals surface area contributed by atoms with Gasteiger partial charge in [-0.1, -0.05) is 55.3 Å². The molecule has 3 atom stereocenters. The molecule has 1 aromatic heterocycles. The molecule has 69 heavy (non-hydrogen) atoms. The maximum Gasteiger partial charge on any atom is 0.407 e. The van der Waals surface area contributed by atoms with Crippen LogP contribution in [0.15, 0.2) is 95.9 Å². The molecule has 2 aliphatic heterocycles. The predicted octanol–water partition coefficient (Wildman–Crippen LogP) is 4.59. The lowest BCUT2D eigenvalue weighted by atomic mass is 9.91. The first-order chi connectivity index (χ1) is 33.2. The molecule has 0 spiro atoms. The second-order valence-corrected chi connectivity index (χ2v) is 18.5. The molecule has 20 heteroatoms. The number of carbonyl (C=O) groups is 6. The summed E-state index contributed by atoms with van der Waals surface area (Å²) in [4.78, 5) is 83.1. The third kappa shape index (κ3) is 12.5. The van der Waals surface area contributed by atoms with E-state index in [9.17, 15) is 41.6 Å². The van der Waals surface area contributed by atoms with Crippen molar-refractivity contribution in [3.05, 3.63) is 114 Å². The molecule has 0 aliphatic carbocycles. The molecular weight excluding hydrogens is 916 g/mol. The van der Waals surface area contributed by atoms with E-state index in [0.29, 0.717) is 71.4 Å². The van der Waals surface area contributed by atoms with Crippen LogP contribution < -0.4 is 30.7 Å². The van der Waals surface area contributed by atoms with Crippen LogP contribution in [0.25, 0.3) is 22.2 Å². The standard InChI is InChI=1S/C49H53FN6O12S/c1-3-51-47(60)39(12-8-5-9-21-52-49(62)68-27-30-10-6-4-7-11-30)53-42(57)24-40-46(48(61)56(40)25-44(59)67-26-31-13-16-33(65-2)17-14-31)55-43(58)28-66-34-18-19-35-41(23-34)69(63,64)29-37-36-22-32(50)15-20-38(36)54-45(35)37/h4,6-7,10-11,13-20,22-23,39-40,46,54H,3,5,8-9,12,21,24-29H2,1-2H3,(H,51,60)(H,52,62)(H,53,57)(H,55,58). The Hall–Kier alpha value is -7.48. The Bertz CT molecular complexity index is 2800. The number of fused-ring (bicyclic) bond motifs is 5. The van der Waals surface area contributed by atoms with Crippen molar-refractivity contribution < 1.29 is 60.5 Å².